The number of fused-ring (bicyclic) bond motifs is 1. The number of carbonyl (C=O) groups is 1. The lowest BCUT2D eigenvalue weighted by atomic mass is 10.1. The van der Waals surface area contributed by atoms with Gasteiger partial charge in [0, 0.05) is 19.6 Å². The molecular weight excluding hydrogens is 318 g/mol. The Bertz CT molecular complexity index is 739. The Balaban J connectivity index is 1.52. The maximum atomic E-state index is 12.9. The first-order chi connectivity index (χ1) is 12.2. The van der Waals surface area contributed by atoms with E-state index in [-0.39, 0.29) is 11.9 Å². The number of aromatic nitrogens is 3. The molecule has 1 amide bonds. The third-order valence-corrected chi connectivity index (χ3v) is 4.91. The number of hydrogen-bond donors (Lipinski definition) is 0. The van der Waals surface area contributed by atoms with Gasteiger partial charge in [-0.2, -0.15) is 0 Å². The zero-order chi connectivity index (χ0) is 17.2. The van der Waals surface area contributed by atoms with Gasteiger partial charge in [0.1, 0.15) is 11.9 Å². The van der Waals surface area contributed by atoms with Crippen LogP contribution in [0.4, 0.5) is 0 Å². The molecule has 1 aromatic carbocycles. The van der Waals surface area contributed by atoms with Gasteiger partial charge in [-0.05, 0) is 12.5 Å². The maximum absolute atomic E-state index is 12.9. The number of nitrogens with zero attached hydrogens (tertiary/aromatic N) is 5. The second-order valence-electron chi connectivity index (χ2n) is 6.65. The van der Waals surface area contributed by atoms with E-state index in [9.17, 15) is 4.79 Å². The fourth-order valence-electron chi connectivity index (χ4n) is 3.54. The molecule has 1 atom stereocenters. The number of amides is 1. The summed E-state index contributed by atoms with van der Waals surface area (Å²) >= 11 is 0. The largest absolute Gasteiger partial charge is 0.379 e. The molecule has 2 aromatic rings. The van der Waals surface area contributed by atoms with Crippen LogP contribution in [0.5, 0.6) is 0 Å². The van der Waals surface area contributed by atoms with Crippen LogP contribution in [0.2, 0.25) is 0 Å². The highest BCUT2D eigenvalue weighted by atomic mass is 16.5. The molecule has 2 aliphatic heterocycles. The second kappa shape index (κ2) is 6.93. The molecule has 1 fully saturated rings. The van der Waals surface area contributed by atoms with Crippen molar-refractivity contribution in [3.8, 4) is 0 Å². The number of morpholine rings is 1. The molecule has 3 heterocycles. The molecule has 132 valence electrons. The van der Waals surface area contributed by atoms with Crippen LogP contribution in [0.25, 0.3) is 0 Å². The third-order valence-electron chi connectivity index (χ3n) is 4.91. The Morgan fingerprint density at radius 2 is 1.88 bits per heavy atom. The van der Waals surface area contributed by atoms with E-state index in [1.807, 2.05) is 46.7 Å². The van der Waals surface area contributed by atoms with E-state index < -0.39 is 0 Å². The number of benzene rings is 1. The summed E-state index contributed by atoms with van der Waals surface area (Å²) in [4.78, 5) is 17.0. The first-order valence-electron chi connectivity index (χ1n) is 8.78. The summed E-state index contributed by atoms with van der Waals surface area (Å²) in [6.45, 7) is 7.06. The summed E-state index contributed by atoms with van der Waals surface area (Å²) in [5.74, 6) is 1.86. The average Bonchev–Trinajstić information content (AvgIpc) is 3.04. The van der Waals surface area contributed by atoms with Crippen LogP contribution in [-0.4, -0.2) is 56.8 Å². The highest BCUT2D eigenvalue weighted by molar-refractivity contribution is 5.81. The van der Waals surface area contributed by atoms with Crippen molar-refractivity contribution >= 4 is 5.91 Å². The molecule has 0 aliphatic carbocycles. The topological polar surface area (TPSA) is 63.5 Å². The SMILES string of the molecule is C[C@@H]1C(=O)N(Cc2ccccc2)Cc2nnc(CN3CCOCC3)n21. The van der Waals surface area contributed by atoms with Crippen LogP contribution in [0, 0.1) is 0 Å². The van der Waals surface area contributed by atoms with Gasteiger partial charge in [-0.15, -0.1) is 10.2 Å². The minimum absolute atomic E-state index is 0.124. The molecule has 4 rings (SSSR count). The first-order valence-corrected chi connectivity index (χ1v) is 8.78. The van der Waals surface area contributed by atoms with Gasteiger partial charge in [0.15, 0.2) is 5.82 Å². The minimum atomic E-state index is -0.265. The van der Waals surface area contributed by atoms with Crippen molar-refractivity contribution in [2.45, 2.75) is 32.6 Å². The molecule has 1 aromatic heterocycles. The van der Waals surface area contributed by atoms with Gasteiger partial charge in [-0.25, -0.2) is 0 Å². The monoisotopic (exact) mass is 341 g/mol. The quantitative estimate of drug-likeness (QED) is 0.837. The molecule has 2 aliphatic rings. The van der Waals surface area contributed by atoms with Crippen molar-refractivity contribution in [2.75, 3.05) is 26.3 Å². The molecule has 1 saturated heterocycles. The van der Waals surface area contributed by atoms with E-state index in [0.29, 0.717) is 19.6 Å². The molecule has 0 spiro atoms. The highest BCUT2D eigenvalue weighted by Crippen LogP contribution is 2.25. The van der Waals surface area contributed by atoms with E-state index in [4.69, 9.17) is 4.74 Å². The number of ether oxygens (including phenoxy) is 1. The normalized spacial score (nSPS) is 21.4. The van der Waals surface area contributed by atoms with Gasteiger partial charge in [-0.1, -0.05) is 30.3 Å². The summed E-state index contributed by atoms with van der Waals surface area (Å²) in [5, 5.41) is 8.73. The van der Waals surface area contributed by atoms with Crippen LogP contribution in [0.1, 0.15) is 30.2 Å². The van der Waals surface area contributed by atoms with E-state index in [2.05, 4.69) is 15.1 Å². The fourth-order valence-corrected chi connectivity index (χ4v) is 3.54. The maximum Gasteiger partial charge on any atom is 0.246 e. The van der Waals surface area contributed by atoms with E-state index in [0.717, 1.165) is 43.5 Å². The lowest BCUT2D eigenvalue weighted by molar-refractivity contribution is -0.137. The molecule has 0 radical (unpaired) electrons. The standard InChI is InChI=1S/C18H23N5O2/c1-14-18(24)22(11-15-5-3-2-4-6-15)13-17-20-19-16(23(14)17)12-21-7-9-25-10-8-21/h2-6,14H,7-13H2,1H3/t14-/m1/s1. The zero-order valence-electron chi connectivity index (χ0n) is 14.5. The van der Waals surface area contributed by atoms with Crippen molar-refractivity contribution in [1.29, 1.82) is 0 Å². The minimum Gasteiger partial charge on any atom is -0.379 e. The van der Waals surface area contributed by atoms with E-state index >= 15 is 0 Å². The predicted molar refractivity (Wildman–Crippen MR) is 91.5 cm³/mol. The van der Waals surface area contributed by atoms with Gasteiger partial charge in [0.25, 0.3) is 0 Å². The van der Waals surface area contributed by atoms with Crippen LogP contribution in [-0.2, 0) is 29.2 Å². The van der Waals surface area contributed by atoms with Crippen LogP contribution >= 0.6 is 0 Å². The van der Waals surface area contributed by atoms with Crippen molar-refractivity contribution in [1.82, 2.24) is 24.6 Å². The van der Waals surface area contributed by atoms with Crippen molar-refractivity contribution < 1.29 is 9.53 Å². The van der Waals surface area contributed by atoms with Gasteiger partial charge in [0.05, 0.1) is 26.3 Å². The Morgan fingerprint density at radius 3 is 2.64 bits per heavy atom. The zero-order valence-corrected chi connectivity index (χ0v) is 14.5. The summed E-state index contributed by atoms with van der Waals surface area (Å²) in [6, 6.07) is 9.80. The predicted octanol–water partition coefficient (Wildman–Crippen LogP) is 1.21. The Morgan fingerprint density at radius 1 is 1.12 bits per heavy atom. The molecule has 0 unspecified atom stereocenters. The second-order valence-corrected chi connectivity index (χ2v) is 6.65. The number of hydrogen-bond acceptors (Lipinski definition) is 5. The van der Waals surface area contributed by atoms with Crippen molar-refractivity contribution in [3.05, 3.63) is 47.5 Å². The van der Waals surface area contributed by atoms with Crippen LogP contribution in [0.3, 0.4) is 0 Å². The summed E-state index contributed by atoms with van der Waals surface area (Å²) in [7, 11) is 0. The summed E-state index contributed by atoms with van der Waals surface area (Å²) in [6.07, 6.45) is 0. The third kappa shape index (κ3) is 3.29. The summed E-state index contributed by atoms with van der Waals surface area (Å²) in [5.41, 5.74) is 1.13. The van der Waals surface area contributed by atoms with Crippen LogP contribution < -0.4 is 0 Å². The molecular formula is C18H23N5O2. The Labute approximate surface area is 147 Å². The Hall–Kier alpha value is -2.25. The smallest absolute Gasteiger partial charge is 0.246 e. The fraction of sp³-hybridized carbons (Fsp3) is 0.500. The van der Waals surface area contributed by atoms with Gasteiger partial charge in [0.2, 0.25) is 5.91 Å². The molecule has 25 heavy (non-hydrogen) atoms. The van der Waals surface area contributed by atoms with Crippen molar-refractivity contribution in [2.24, 2.45) is 0 Å². The first kappa shape index (κ1) is 16.2. The summed E-state index contributed by atoms with van der Waals surface area (Å²) < 4.78 is 7.41. The average molecular weight is 341 g/mol. The molecule has 7 heteroatoms. The lowest BCUT2D eigenvalue weighted by Gasteiger charge is -2.33. The van der Waals surface area contributed by atoms with E-state index in [1.165, 1.54) is 0 Å². The lowest BCUT2D eigenvalue weighted by Crippen LogP contribution is -2.42. The van der Waals surface area contributed by atoms with Gasteiger partial charge >= 0.3 is 0 Å². The molecule has 0 N–H and O–H groups in total. The number of rotatable bonds is 4. The highest BCUT2D eigenvalue weighted by Gasteiger charge is 2.33. The van der Waals surface area contributed by atoms with Gasteiger partial charge in [-0.3, -0.25) is 14.3 Å². The van der Waals surface area contributed by atoms with Crippen molar-refractivity contribution in [3.63, 3.8) is 0 Å². The Kier molecular flexibility index (Phi) is 4.50. The molecule has 0 bridgehead atoms. The molecule has 0 saturated carbocycles. The van der Waals surface area contributed by atoms with Crippen LogP contribution in [0.15, 0.2) is 30.3 Å². The van der Waals surface area contributed by atoms with E-state index in [1.54, 1.807) is 0 Å². The number of carbonyl (C=O) groups excluding carboxylic acids is 1. The molecule has 7 nitrogen and oxygen atoms in total. The van der Waals surface area contributed by atoms with Gasteiger partial charge < -0.3 is 9.64 Å².